The van der Waals surface area contributed by atoms with Gasteiger partial charge < -0.3 is 10.4 Å². The Balaban J connectivity index is 2.17. The lowest BCUT2D eigenvalue weighted by atomic mass is 9.88. The van der Waals surface area contributed by atoms with Crippen LogP contribution in [0.4, 0.5) is 0 Å². The Kier molecular flexibility index (Phi) is 4.20. The molecular weight excluding hydrogens is 162 g/mol. The third-order valence-electron chi connectivity index (χ3n) is 2.87. The van der Waals surface area contributed by atoms with Crippen LogP contribution in [-0.2, 0) is 0 Å². The fourth-order valence-electron chi connectivity index (χ4n) is 2.00. The Labute approximate surface area is 81.7 Å². The first-order valence-corrected chi connectivity index (χ1v) is 5.55. The summed E-state index contributed by atoms with van der Waals surface area (Å²) in [4.78, 5) is 0. The van der Waals surface area contributed by atoms with Gasteiger partial charge in [0.15, 0.2) is 0 Å². The van der Waals surface area contributed by atoms with Gasteiger partial charge in [0.2, 0.25) is 0 Å². The van der Waals surface area contributed by atoms with Crippen molar-refractivity contribution in [3.8, 4) is 0 Å². The normalized spacial score (nSPS) is 29.5. The van der Waals surface area contributed by atoms with Crippen molar-refractivity contribution in [2.75, 3.05) is 13.1 Å². The minimum atomic E-state index is -0.396. The van der Waals surface area contributed by atoms with E-state index in [0.29, 0.717) is 0 Å². The smallest absolute Gasteiger partial charge is 0.0772 e. The predicted octanol–water partition coefficient (Wildman–Crippen LogP) is 1.93. The van der Waals surface area contributed by atoms with E-state index in [1.807, 2.05) is 0 Å². The van der Waals surface area contributed by atoms with Gasteiger partial charge in [-0.1, -0.05) is 26.7 Å². The summed E-state index contributed by atoms with van der Waals surface area (Å²) in [5, 5.41) is 13.4. The molecule has 0 aromatic carbocycles. The van der Waals surface area contributed by atoms with E-state index in [-0.39, 0.29) is 0 Å². The Bertz CT molecular complexity index is 139. The van der Waals surface area contributed by atoms with Crippen LogP contribution in [0.25, 0.3) is 0 Å². The van der Waals surface area contributed by atoms with E-state index >= 15 is 0 Å². The van der Waals surface area contributed by atoms with Crippen molar-refractivity contribution in [3.05, 3.63) is 0 Å². The van der Waals surface area contributed by atoms with Crippen LogP contribution in [0.2, 0.25) is 0 Å². The van der Waals surface area contributed by atoms with Crippen molar-refractivity contribution in [1.82, 2.24) is 5.32 Å². The Morgan fingerprint density at radius 3 is 2.77 bits per heavy atom. The lowest BCUT2D eigenvalue weighted by Gasteiger charge is -2.32. The molecular formula is C11H23NO. The van der Waals surface area contributed by atoms with Crippen LogP contribution in [0.15, 0.2) is 0 Å². The van der Waals surface area contributed by atoms with Gasteiger partial charge in [0.1, 0.15) is 0 Å². The van der Waals surface area contributed by atoms with Gasteiger partial charge in [-0.3, -0.25) is 0 Å². The first-order chi connectivity index (χ1) is 6.12. The fourth-order valence-corrected chi connectivity index (χ4v) is 2.00. The van der Waals surface area contributed by atoms with E-state index in [2.05, 4.69) is 19.2 Å². The molecule has 0 amide bonds. The van der Waals surface area contributed by atoms with Gasteiger partial charge in [-0.15, -0.1) is 0 Å². The van der Waals surface area contributed by atoms with Gasteiger partial charge in [0.05, 0.1) is 5.60 Å². The second-order valence-corrected chi connectivity index (χ2v) is 4.79. The molecule has 0 aromatic heterocycles. The van der Waals surface area contributed by atoms with Gasteiger partial charge >= 0.3 is 0 Å². The van der Waals surface area contributed by atoms with Gasteiger partial charge in [-0.25, -0.2) is 0 Å². The van der Waals surface area contributed by atoms with Crippen molar-refractivity contribution in [1.29, 1.82) is 0 Å². The number of piperidine rings is 1. The molecule has 0 saturated carbocycles. The molecule has 1 heterocycles. The number of rotatable bonds is 4. The highest BCUT2D eigenvalue weighted by atomic mass is 16.3. The van der Waals surface area contributed by atoms with Gasteiger partial charge in [0.25, 0.3) is 0 Å². The third-order valence-corrected chi connectivity index (χ3v) is 2.87. The lowest BCUT2D eigenvalue weighted by Crippen LogP contribution is -2.45. The second-order valence-electron chi connectivity index (χ2n) is 4.79. The molecule has 1 fully saturated rings. The second kappa shape index (κ2) is 4.97. The highest BCUT2D eigenvalue weighted by Crippen LogP contribution is 2.23. The summed E-state index contributed by atoms with van der Waals surface area (Å²) in [5.41, 5.74) is -0.396. The average molecular weight is 185 g/mol. The van der Waals surface area contributed by atoms with E-state index < -0.39 is 5.60 Å². The topological polar surface area (TPSA) is 32.3 Å². The molecule has 1 saturated heterocycles. The summed E-state index contributed by atoms with van der Waals surface area (Å²) >= 11 is 0. The van der Waals surface area contributed by atoms with Crippen molar-refractivity contribution in [2.45, 2.75) is 51.6 Å². The molecule has 78 valence electrons. The van der Waals surface area contributed by atoms with Gasteiger partial charge in [0, 0.05) is 6.54 Å². The number of nitrogens with one attached hydrogen (secondary N) is 1. The van der Waals surface area contributed by atoms with Crippen LogP contribution in [0.5, 0.6) is 0 Å². The first-order valence-electron chi connectivity index (χ1n) is 5.55. The van der Waals surface area contributed by atoms with E-state index in [4.69, 9.17) is 0 Å². The molecule has 1 atom stereocenters. The SMILES string of the molecule is CC(C)CCCC1(O)CCCNC1. The molecule has 1 aliphatic rings. The molecule has 0 aliphatic carbocycles. The molecule has 2 nitrogen and oxygen atoms in total. The lowest BCUT2D eigenvalue weighted by molar-refractivity contribution is 0.00580. The molecule has 2 N–H and O–H groups in total. The van der Waals surface area contributed by atoms with Crippen LogP contribution in [0.3, 0.4) is 0 Å². The maximum Gasteiger partial charge on any atom is 0.0772 e. The first kappa shape index (κ1) is 11.0. The maximum atomic E-state index is 10.1. The molecule has 13 heavy (non-hydrogen) atoms. The molecule has 0 radical (unpaired) electrons. The van der Waals surface area contributed by atoms with Crippen molar-refractivity contribution in [3.63, 3.8) is 0 Å². The van der Waals surface area contributed by atoms with Gasteiger partial charge in [-0.05, 0) is 31.7 Å². The van der Waals surface area contributed by atoms with E-state index in [0.717, 1.165) is 44.7 Å². The summed E-state index contributed by atoms with van der Waals surface area (Å²) in [6.07, 6.45) is 5.48. The maximum absolute atomic E-state index is 10.1. The van der Waals surface area contributed by atoms with Gasteiger partial charge in [-0.2, -0.15) is 0 Å². The van der Waals surface area contributed by atoms with Crippen LogP contribution < -0.4 is 5.32 Å². The zero-order valence-electron chi connectivity index (χ0n) is 8.97. The highest BCUT2D eigenvalue weighted by Gasteiger charge is 2.28. The summed E-state index contributed by atoms with van der Waals surface area (Å²) in [7, 11) is 0. The average Bonchev–Trinajstić information content (AvgIpc) is 2.04. The monoisotopic (exact) mass is 185 g/mol. The molecule has 1 aliphatic heterocycles. The quantitative estimate of drug-likeness (QED) is 0.701. The zero-order chi connectivity index (χ0) is 9.73. The number of aliphatic hydroxyl groups is 1. The van der Waals surface area contributed by atoms with Crippen LogP contribution in [0.1, 0.15) is 46.0 Å². The Hall–Kier alpha value is -0.0800. The summed E-state index contributed by atoms with van der Waals surface area (Å²) < 4.78 is 0. The fraction of sp³-hybridized carbons (Fsp3) is 1.00. The van der Waals surface area contributed by atoms with E-state index in [9.17, 15) is 5.11 Å². The van der Waals surface area contributed by atoms with Crippen molar-refractivity contribution >= 4 is 0 Å². The Morgan fingerprint density at radius 2 is 2.23 bits per heavy atom. The zero-order valence-corrected chi connectivity index (χ0v) is 8.97. The van der Waals surface area contributed by atoms with E-state index in [1.165, 1.54) is 6.42 Å². The minimum absolute atomic E-state index is 0.396. The molecule has 0 bridgehead atoms. The molecule has 0 aromatic rings. The summed E-state index contributed by atoms with van der Waals surface area (Å²) in [6, 6.07) is 0. The van der Waals surface area contributed by atoms with Crippen LogP contribution in [-0.4, -0.2) is 23.8 Å². The number of β-amino-alcohol motifs (C(OH)–C–C–N with tert-alkyl or cyclic N) is 1. The largest absolute Gasteiger partial charge is 0.389 e. The van der Waals surface area contributed by atoms with E-state index in [1.54, 1.807) is 0 Å². The molecule has 1 unspecified atom stereocenters. The van der Waals surface area contributed by atoms with Crippen molar-refractivity contribution in [2.24, 2.45) is 5.92 Å². The van der Waals surface area contributed by atoms with Crippen LogP contribution in [0, 0.1) is 5.92 Å². The summed E-state index contributed by atoms with van der Waals surface area (Å²) in [6.45, 7) is 6.35. The molecule has 0 spiro atoms. The number of hydrogen-bond donors (Lipinski definition) is 2. The predicted molar refractivity (Wildman–Crippen MR) is 55.7 cm³/mol. The van der Waals surface area contributed by atoms with Crippen LogP contribution >= 0.6 is 0 Å². The highest BCUT2D eigenvalue weighted by molar-refractivity contribution is 4.84. The molecule has 1 rings (SSSR count). The summed E-state index contributed by atoms with van der Waals surface area (Å²) in [5.74, 6) is 0.764. The number of hydrogen-bond acceptors (Lipinski definition) is 2. The third kappa shape index (κ3) is 4.10. The van der Waals surface area contributed by atoms with Crippen molar-refractivity contribution < 1.29 is 5.11 Å². The molecule has 2 heteroatoms. The Morgan fingerprint density at radius 1 is 1.46 bits per heavy atom. The minimum Gasteiger partial charge on any atom is -0.389 e. The standard InChI is InChI=1S/C11H23NO/c1-10(2)5-3-6-11(13)7-4-8-12-9-11/h10,12-13H,3-9H2,1-2H3.